The van der Waals surface area contributed by atoms with Crippen molar-refractivity contribution in [2.75, 3.05) is 19.6 Å². The van der Waals surface area contributed by atoms with Crippen molar-refractivity contribution < 1.29 is 4.79 Å². The second-order valence-electron chi connectivity index (χ2n) is 4.76. The second kappa shape index (κ2) is 11.8. The van der Waals surface area contributed by atoms with Crippen LogP contribution in [-0.4, -0.2) is 36.5 Å². The number of benzene rings is 1. The first kappa shape index (κ1) is 22.5. The number of hydrogen-bond acceptors (Lipinski definition) is 3. The Balaban J connectivity index is 0. The Morgan fingerprint density at radius 2 is 1.71 bits per heavy atom. The fraction of sp³-hybridized carbons (Fsp3) is 0.533. The van der Waals surface area contributed by atoms with Gasteiger partial charge < -0.3 is 16.0 Å². The minimum absolute atomic E-state index is 0. The van der Waals surface area contributed by atoms with Gasteiger partial charge in [-0.05, 0) is 37.7 Å². The van der Waals surface area contributed by atoms with Crippen LogP contribution in [0.1, 0.15) is 36.7 Å². The molecule has 0 aliphatic heterocycles. The predicted molar refractivity (Wildman–Crippen MR) is 93.5 cm³/mol. The quantitative estimate of drug-likeness (QED) is 0.804. The van der Waals surface area contributed by atoms with Gasteiger partial charge in [0.15, 0.2) is 0 Å². The van der Waals surface area contributed by atoms with Gasteiger partial charge in [-0.25, -0.2) is 0 Å². The number of nitrogens with one attached hydrogen (secondary N) is 1. The molecule has 1 rings (SSSR count). The van der Waals surface area contributed by atoms with E-state index in [1.54, 1.807) is 0 Å². The van der Waals surface area contributed by atoms with E-state index in [1.165, 1.54) is 0 Å². The van der Waals surface area contributed by atoms with Crippen LogP contribution in [-0.2, 0) is 6.54 Å². The number of halogens is 2. The van der Waals surface area contributed by atoms with E-state index in [9.17, 15) is 4.79 Å². The lowest BCUT2D eigenvalue weighted by molar-refractivity contribution is 0.0930. The average Bonchev–Trinajstić information content (AvgIpc) is 2.44. The van der Waals surface area contributed by atoms with Gasteiger partial charge >= 0.3 is 0 Å². The Morgan fingerprint density at radius 3 is 2.14 bits per heavy atom. The minimum atomic E-state index is -0.0248. The first-order chi connectivity index (χ1) is 9.10. The summed E-state index contributed by atoms with van der Waals surface area (Å²) in [5.41, 5.74) is 7.25. The largest absolute Gasteiger partial charge is 0.348 e. The number of nitrogens with zero attached hydrogens (tertiary/aromatic N) is 1. The van der Waals surface area contributed by atoms with E-state index in [-0.39, 0.29) is 36.8 Å². The maximum Gasteiger partial charge on any atom is 0.251 e. The molecule has 6 heteroatoms. The molecule has 0 bridgehead atoms. The summed E-state index contributed by atoms with van der Waals surface area (Å²) in [5, 5.41) is 3.02. The van der Waals surface area contributed by atoms with Crippen molar-refractivity contribution in [1.29, 1.82) is 0 Å². The summed E-state index contributed by atoms with van der Waals surface area (Å²) in [6.07, 6.45) is 0. The molecule has 0 aliphatic rings. The Morgan fingerprint density at radius 1 is 1.19 bits per heavy atom. The fourth-order valence-corrected chi connectivity index (χ4v) is 2.01. The highest BCUT2D eigenvalue weighted by Gasteiger charge is 2.11. The predicted octanol–water partition coefficient (Wildman–Crippen LogP) is 2.45. The first-order valence-corrected chi connectivity index (χ1v) is 6.92. The highest BCUT2D eigenvalue weighted by molar-refractivity contribution is 5.94. The number of rotatable bonds is 7. The number of likely N-dealkylation sites (N-methyl/N-ethyl adjacent to an activating group) is 1. The van der Waals surface area contributed by atoms with E-state index in [0.29, 0.717) is 12.1 Å². The van der Waals surface area contributed by atoms with Crippen molar-refractivity contribution in [2.24, 2.45) is 5.73 Å². The number of hydrogen-bond donors (Lipinski definition) is 2. The Hall–Kier alpha value is -0.810. The standard InChI is InChI=1S/C15H25N3O.2ClH/c1-4-18(5-2)11-12(3)17-15(19)14-8-6-13(10-16)7-9-14;;/h6-9,12H,4-5,10-11,16H2,1-3H3,(H,17,19);2*1H. The molecule has 21 heavy (non-hydrogen) atoms. The molecule has 1 unspecified atom stereocenters. The zero-order chi connectivity index (χ0) is 14.3. The summed E-state index contributed by atoms with van der Waals surface area (Å²) >= 11 is 0. The molecule has 0 aromatic heterocycles. The molecule has 0 fully saturated rings. The lowest BCUT2D eigenvalue weighted by Crippen LogP contribution is -2.41. The van der Waals surface area contributed by atoms with E-state index in [2.05, 4.69) is 24.1 Å². The Bertz CT molecular complexity index is 394. The zero-order valence-corrected chi connectivity index (χ0v) is 14.6. The van der Waals surface area contributed by atoms with Crippen LogP contribution in [0.4, 0.5) is 0 Å². The van der Waals surface area contributed by atoms with Gasteiger partial charge in [-0.15, -0.1) is 24.8 Å². The molecule has 1 aromatic rings. The van der Waals surface area contributed by atoms with Gasteiger partial charge in [0.05, 0.1) is 0 Å². The molecule has 0 spiro atoms. The van der Waals surface area contributed by atoms with Crippen LogP contribution in [0.15, 0.2) is 24.3 Å². The van der Waals surface area contributed by atoms with Crippen LogP contribution in [0.3, 0.4) is 0 Å². The lowest BCUT2D eigenvalue weighted by atomic mass is 10.1. The normalized spacial score (nSPS) is 11.3. The second-order valence-corrected chi connectivity index (χ2v) is 4.76. The summed E-state index contributed by atoms with van der Waals surface area (Å²) in [6.45, 7) is 9.67. The monoisotopic (exact) mass is 335 g/mol. The van der Waals surface area contributed by atoms with E-state index in [0.717, 1.165) is 25.2 Å². The van der Waals surface area contributed by atoms with Crippen molar-refractivity contribution in [3.05, 3.63) is 35.4 Å². The van der Waals surface area contributed by atoms with Gasteiger partial charge in [0.2, 0.25) is 0 Å². The third-order valence-corrected chi connectivity index (χ3v) is 3.26. The smallest absolute Gasteiger partial charge is 0.251 e. The van der Waals surface area contributed by atoms with Gasteiger partial charge in [0.25, 0.3) is 5.91 Å². The summed E-state index contributed by atoms with van der Waals surface area (Å²) < 4.78 is 0. The molecular formula is C15H27Cl2N3O. The van der Waals surface area contributed by atoms with Crippen LogP contribution >= 0.6 is 24.8 Å². The maximum atomic E-state index is 12.1. The van der Waals surface area contributed by atoms with Crippen LogP contribution in [0.25, 0.3) is 0 Å². The number of nitrogens with two attached hydrogens (primary N) is 1. The van der Waals surface area contributed by atoms with E-state index in [1.807, 2.05) is 31.2 Å². The van der Waals surface area contributed by atoms with Gasteiger partial charge in [-0.3, -0.25) is 4.79 Å². The molecule has 1 aromatic carbocycles. The van der Waals surface area contributed by atoms with Crippen molar-refractivity contribution in [1.82, 2.24) is 10.2 Å². The van der Waals surface area contributed by atoms with Crippen molar-refractivity contribution in [3.8, 4) is 0 Å². The fourth-order valence-electron chi connectivity index (χ4n) is 2.01. The van der Waals surface area contributed by atoms with Crippen molar-refractivity contribution in [2.45, 2.75) is 33.4 Å². The zero-order valence-electron chi connectivity index (χ0n) is 13.0. The van der Waals surface area contributed by atoms with E-state index >= 15 is 0 Å². The Labute approximate surface area is 140 Å². The summed E-state index contributed by atoms with van der Waals surface area (Å²) in [7, 11) is 0. The SMILES string of the molecule is CCN(CC)CC(C)NC(=O)c1ccc(CN)cc1.Cl.Cl. The van der Waals surface area contributed by atoms with Crippen LogP contribution in [0.2, 0.25) is 0 Å². The number of carbonyl (C=O) groups excluding carboxylic acids is 1. The summed E-state index contributed by atoms with van der Waals surface area (Å²) in [5.74, 6) is -0.0248. The molecule has 122 valence electrons. The first-order valence-electron chi connectivity index (χ1n) is 6.92. The highest BCUT2D eigenvalue weighted by atomic mass is 35.5. The molecule has 0 saturated carbocycles. The average molecular weight is 336 g/mol. The topological polar surface area (TPSA) is 58.4 Å². The maximum absolute atomic E-state index is 12.1. The molecule has 0 saturated heterocycles. The van der Waals surface area contributed by atoms with Crippen molar-refractivity contribution in [3.63, 3.8) is 0 Å². The third-order valence-electron chi connectivity index (χ3n) is 3.26. The molecule has 4 nitrogen and oxygen atoms in total. The molecule has 3 N–H and O–H groups in total. The molecule has 0 radical (unpaired) electrons. The van der Waals surface area contributed by atoms with Gasteiger partial charge in [0.1, 0.15) is 0 Å². The van der Waals surface area contributed by atoms with Gasteiger partial charge in [-0.2, -0.15) is 0 Å². The van der Waals surface area contributed by atoms with Crippen LogP contribution in [0.5, 0.6) is 0 Å². The molecule has 0 aliphatic carbocycles. The minimum Gasteiger partial charge on any atom is -0.348 e. The highest BCUT2D eigenvalue weighted by Crippen LogP contribution is 2.04. The number of amides is 1. The van der Waals surface area contributed by atoms with Gasteiger partial charge in [0, 0.05) is 24.7 Å². The molecule has 1 atom stereocenters. The summed E-state index contributed by atoms with van der Waals surface area (Å²) in [4.78, 5) is 14.3. The summed E-state index contributed by atoms with van der Waals surface area (Å²) in [6, 6.07) is 7.57. The van der Waals surface area contributed by atoms with E-state index in [4.69, 9.17) is 5.73 Å². The number of carbonyl (C=O) groups is 1. The van der Waals surface area contributed by atoms with Crippen LogP contribution < -0.4 is 11.1 Å². The van der Waals surface area contributed by atoms with Crippen molar-refractivity contribution >= 4 is 30.7 Å². The van der Waals surface area contributed by atoms with Crippen LogP contribution in [0, 0.1) is 0 Å². The lowest BCUT2D eigenvalue weighted by Gasteiger charge is -2.23. The van der Waals surface area contributed by atoms with Gasteiger partial charge in [-0.1, -0.05) is 26.0 Å². The Kier molecular flexibility index (Phi) is 12.6. The molecule has 0 heterocycles. The third kappa shape index (κ3) is 7.67. The molecule has 1 amide bonds. The van der Waals surface area contributed by atoms with E-state index < -0.39 is 0 Å². The molecular weight excluding hydrogens is 309 g/mol.